The number of fused-ring (bicyclic) bond motifs is 1. The molecule has 0 aromatic heterocycles. The molecular weight excluding hydrogens is 330 g/mol. The van der Waals surface area contributed by atoms with Gasteiger partial charge in [0.05, 0.1) is 0 Å². The normalized spacial score (nSPS) is 19.7. The molecular formula is C17H24BrNO2. The first-order valence-electron chi connectivity index (χ1n) is 8.09. The highest BCUT2D eigenvalue weighted by atomic mass is 79.9. The summed E-state index contributed by atoms with van der Waals surface area (Å²) < 4.78 is 12.0. The van der Waals surface area contributed by atoms with Crippen molar-refractivity contribution in [1.82, 2.24) is 5.32 Å². The molecule has 2 aliphatic rings. The summed E-state index contributed by atoms with van der Waals surface area (Å²) in [6.45, 7) is 3.51. The van der Waals surface area contributed by atoms with E-state index in [0.717, 1.165) is 28.4 Å². The van der Waals surface area contributed by atoms with Crippen LogP contribution in [0.4, 0.5) is 0 Å². The van der Waals surface area contributed by atoms with Crippen molar-refractivity contribution < 1.29 is 9.47 Å². The van der Waals surface area contributed by atoms with E-state index in [0.29, 0.717) is 12.8 Å². The Balaban J connectivity index is 1.63. The van der Waals surface area contributed by atoms with Gasteiger partial charge in [-0.15, -0.1) is 0 Å². The molecule has 116 valence electrons. The molecule has 1 heterocycles. The third kappa shape index (κ3) is 3.54. The number of hydrogen-bond acceptors (Lipinski definition) is 3. The fraction of sp³-hybridized carbons (Fsp3) is 0.647. The van der Waals surface area contributed by atoms with E-state index in [1.54, 1.807) is 0 Å². The molecule has 0 amide bonds. The highest BCUT2D eigenvalue weighted by Crippen LogP contribution is 2.37. The van der Waals surface area contributed by atoms with Gasteiger partial charge in [0.2, 0.25) is 6.79 Å². The van der Waals surface area contributed by atoms with Crippen molar-refractivity contribution in [2.24, 2.45) is 5.92 Å². The Morgan fingerprint density at radius 3 is 2.62 bits per heavy atom. The van der Waals surface area contributed by atoms with Gasteiger partial charge in [0.15, 0.2) is 11.5 Å². The molecule has 3 nitrogen and oxygen atoms in total. The van der Waals surface area contributed by atoms with Crippen LogP contribution in [0.2, 0.25) is 0 Å². The summed E-state index contributed by atoms with van der Waals surface area (Å²) in [4.78, 5) is 0. The lowest BCUT2D eigenvalue weighted by Crippen LogP contribution is -2.36. The minimum atomic E-state index is 0.332. The van der Waals surface area contributed by atoms with Crippen LogP contribution < -0.4 is 14.8 Å². The highest BCUT2D eigenvalue weighted by molar-refractivity contribution is 9.10. The first-order chi connectivity index (χ1) is 10.3. The Bertz CT molecular complexity index is 486. The zero-order valence-corrected chi connectivity index (χ0v) is 14.2. The Morgan fingerprint density at radius 1 is 1.19 bits per heavy atom. The Kier molecular flexibility index (Phi) is 5.07. The van der Waals surface area contributed by atoms with Gasteiger partial charge in [-0.25, -0.2) is 0 Å². The Hall–Kier alpha value is -0.740. The van der Waals surface area contributed by atoms with E-state index >= 15 is 0 Å². The standard InChI is InChI=1S/C17H24BrNO2/c1-2-15(12-6-4-3-5-7-12)19-10-13-8-16-17(9-14(13)18)21-11-20-16/h8-9,12,15,19H,2-7,10-11H2,1H3. The predicted molar refractivity (Wildman–Crippen MR) is 87.8 cm³/mol. The van der Waals surface area contributed by atoms with Crippen LogP contribution >= 0.6 is 15.9 Å². The summed E-state index contributed by atoms with van der Waals surface area (Å²) in [5.41, 5.74) is 1.24. The summed E-state index contributed by atoms with van der Waals surface area (Å²) >= 11 is 3.64. The van der Waals surface area contributed by atoms with E-state index in [9.17, 15) is 0 Å². The molecule has 0 bridgehead atoms. The molecule has 3 rings (SSSR count). The van der Waals surface area contributed by atoms with Crippen molar-refractivity contribution in [3.8, 4) is 11.5 Å². The maximum Gasteiger partial charge on any atom is 0.231 e. The molecule has 1 aliphatic carbocycles. The van der Waals surface area contributed by atoms with Gasteiger partial charge < -0.3 is 14.8 Å². The van der Waals surface area contributed by atoms with Crippen molar-refractivity contribution in [3.63, 3.8) is 0 Å². The van der Waals surface area contributed by atoms with Gasteiger partial charge in [0, 0.05) is 17.1 Å². The minimum Gasteiger partial charge on any atom is -0.454 e. The molecule has 1 aromatic rings. The lowest BCUT2D eigenvalue weighted by Gasteiger charge is -2.30. The molecule has 0 radical (unpaired) electrons. The Morgan fingerprint density at radius 2 is 1.90 bits per heavy atom. The van der Waals surface area contributed by atoms with Gasteiger partial charge in [-0.1, -0.05) is 42.1 Å². The topological polar surface area (TPSA) is 30.5 Å². The van der Waals surface area contributed by atoms with Crippen LogP contribution in [0.1, 0.15) is 51.0 Å². The van der Waals surface area contributed by atoms with Crippen molar-refractivity contribution in [2.75, 3.05) is 6.79 Å². The monoisotopic (exact) mass is 353 g/mol. The van der Waals surface area contributed by atoms with Gasteiger partial charge >= 0.3 is 0 Å². The smallest absolute Gasteiger partial charge is 0.231 e. The average molecular weight is 354 g/mol. The number of halogens is 1. The van der Waals surface area contributed by atoms with E-state index in [-0.39, 0.29) is 0 Å². The molecule has 1 atom stereocenters. The number of benzene rings is 1. The van der Waals surface area contributed by atoms with E-state index in [1.807, 2.05) is 6.07 Å². The number of rotatable bonds is 5. The molecule has 1 N–H and O–H groups in total. The van der Waals surface area contributed by atoms with Crippen LogP contribution in [0, 0.1) is 5.92 Å². The molecule has 4 heteroatoms. The van der Waals surface area contributed by atoms with E-state index in [4.69, 9.17) is 9.47 Å². The number of ether oxygens (including phenoxy) is 2. The Labute approximate surface area is 135 Å². The van der Waals surface area contributed by atoms with E-state index in [1.165, 1.54) is 44.1 Å². The van der Waals surface area contributed by atoms with Crippen molar-refractivity contribution >= 4 is 15.9 Å². The maximum absolute atomic E-state index is 5.47. The molecule has 21 heavy (non-hydrogen) atoms. The molecule has 1 fully saturated rings. The summed E-state index contributed by atoms with van der Waals surface area (Å²) in [5.74, 6) is 2.54. The fourth-order valence-electron chi connectivity index (χ4n) is 3.52. The van der Waals surface area contributed by atoms with Gasteiger partial charge in [-0.3, -0.25) is 0 Å². The molecule has 1 saturated carbocycles. The zero-order valence-electron chi connectivity index (χ0n) is 12.7. The fourth-order valence-corrected chi connectivity index (χ4v) is 3.98. The highest BCUT2D eigenvalue weighted by Gasteiger charge is 2.22. The summed E-state index contributed by atoms with van der Waals surface area (Å²) in [7, 11) is 0. The first-order valence-corrected chi connectivity index (χ1v) is 8.88. The van der Waals surface area contributed by atoms with Gasteiger partial charge in [0.25, 0.3) is 0 Å². The van der Waals surface area contributed by atoms with E-state index < -0.39 is 0 Å². The molecule has 0 spiro atoms. The third-order valence-corrected chi connectivity index (χ3v) is 5.49. The zero-order chi connectivity index (χ0) is 14.7. The van der Waals surface area contributed by atoms with Crippen LogP contribution in [0.15, 0.2) is 16.6 Å². The maximum atomic E-state index is 5.47. The predicted octanol–water partition coefficient (Wildman–Crippen LogP) is 4.63. The van der Waals surface area contributed by atoms with Crippen LogP contribution in [0.3, 0.4) is 0 Å². The third-order valence-electron chi connectivity index (χ3n) is 4.76. The van der Waals surface area contributed by atoms with Crippen LogP contribution in [-0.2, 0) is 6.54 Å². The molecule has 0 saturated heterocycles. The van der Waals surface area contributed by atoms with Crippen LogP contribution in [-0.4, -0.2) is 12.8 Å². The molecule has 1 unspecified atom stereocenters. The summed E-state index contributed by atoms with van der Waals surface area (Å²) in [6, 6.07) is 4.73. The second-order valence-corrected chi connectivity index (χ2v) is 6.94. The summed E-state index contributed by atoms with van der Waals surface area (Å²) in [6.07, 6.45) is 8.18. The lowest BCUT2D eigenvalue weighted by molar-refractivity contribution is 0.174. The van der Waals surface area contributed by atoms with Gasteiger partial charge in [-0.2, -0.15) is 0 Å². The second-order valence-electron chi connectivity index (χ2n) is 6.09. The average Bonchev–Trinajstić information content (AvgIpc) is 2.96. The minimum absolute atomic E-state index is 0.332. The summed E-state index contributed by atoms with van der Waals surface area (Å²) in [5, 5.41) is 3.76. The SMILES string of the molecule is CCC(NCc1cc2c(cc1Br)OCO2)C1CCCCC1. The number of hydrogen-bond donors (Lipinski definition) is 1. The second kappa shape index (κ2) is 7.01. The molecule has 1 aliphatic heterocycles. The van der Waals surface area contributed by atoms with Gasteiger partial charge in [-0.05, 0) is 42.9 Å². The van der Waals surface area contributed by atoms with E-state index in [2.05, 4.69) is 34.2 Å². The molecule has 1 aromatic carbocycles. The quantitative estimate of drug-likeness (QED) is 0.837. The number of nitrogens with one attached hydrogen (secondary N) is 1. The van der Waals surface area contributed by atoms with Crippen molar-refractivity contribution in [2.45, 2.75) is 58.0 Å². The largest absolute Gasteiger partial charge is 0.454 e. The lowest BCUT2D eigenvalue weighted by atomic mass is 9.83. The van der Waals surface area contributed by atoms with Crippen molar-refractivity contribution in [1.29, 1.82) is 0 Å². The van der Waals surface area contributed by atoms with Gasteiger partial charge in [0.1, 0.15) is 0 Å². The van der Waals surface area contributed by atoms with Crippen LogP contribution in [0.25, 0.3) is 0 Å². The first kappa shape index (κ1) is 15.2. The van der Waals surface area contributed by atoms with Crippen LogP contribution in [0.5, 0.6) is 11.5 Å². The van der Waals surface area contributed by atoms with Crippen molar-refractivity contribution in [3.05, 3.63) is 22.2 Å².